The quantitative estimate of drug-likeness (QED) is 0.569. The summed E-state index contributed by atoms with van der Waals surface area (Å²) < 4.78 is 0. The number of H-pyrrole nitrogens is 1. The summed E-state index contributed by atoms with van der Waals surface area (Å²) in [6.45, 7) is 1.95. The first-order chi connectivity index (χ1) is 11.6. The van der Waals surface area contributed by atoms with Crippen LogP contribution in [0.5, 0.6) is 0 Å². The Kier molecular flexibility index (Phi) is 3.67. The van der Waals surface area contributed by atoms with E-state index in [0.29, 0.717) is 21.1 Å². The Hall–Kier alpha value is -2.50. The van der Waals surface area contributed by atoms with Crippen molar-refractivity contribution in [3.05, 3.63) is 69.0 Å². The van der Waals surface area contributed by atoms with Crippen molar-refractivity contribution in [3.8, 4) is 22.5 Å². The van der Waals surface area contributed by atoms with Gasteiger partial charge in [-0.3, -0.25) is 9.78 Å². The van der Waals surface area contributed by atoms with E-state index in [-0.39, 0.29) is 5.56 Å². The number of hydrogen-bond donors (Lipinski definition) is 1. The molecule has 6 heteroatoms. The molecule has 0 saturated heterocycles. The number of benzene rings is 1. The van der Waals surface area contributed by atoms with Crippen LogP contribution < -0.4 is 5.56 Å². The molecule has 1 aromatic carbocycles. The Balaban J connectivity index is 1.91. The number of aromatic nitrogens is 3. The van der Waals surface area contributed by atoms with Gasteiger partial charge in [-0.1, -0.05) is 17.7 Å². The first-order valence-corrected chi connectivity index (χ1v) is 8.57. The minimum atomic E-state index is -0.143. The van der Waals surface area contributed by atoms with Gasteiger partial charge in [0.15, 0.2) is 0 Å². The number of halogens is 1. The predicted molar refractivity (Wildman–Crippen MR) is 98.7 cm³/mol. The molecule has 118 valence electrons. The van der Waals surface area contributed by atoms with Gasteiger partial charge in [0.05, 0.1) is 5.39 Å². The first-order valence-electron chi connectivity index (χ1n) is 7.32. The third kappa shape index (κ3) is 2.52. The molecule has 0 aliphatic carbocycles. The minimum absolute atomic E-state index is 0.143. The van der Waals surface area contributed by atoms with Crippen LogP contribution in [0.3, 0.4) is 0 Å². The summed E-state index contributed by atoms with van der Waals surface area (Å²) in [5.74, 6) is 0.551. The molecule has 1 N–H and O–H groups in total. The molecule has 0 aliphatic heterocycles. The van der Waals surface area contributed by atoms with Gasteiger partial charge in [-0.2, -0.15) is 0 Å². The van der Waals surface area contributed by atoms with E-state index in [4.69, 9.17) is 11.6 Å². The van der Waals surface area contributed by atoms with Crippen LogP contribution in [0.25, 0.3) is 32.7 Å². The summed E-state index contributed by atoms with van der Waals surface area (Å²) in [5.41, 5.74) is 3.51. The number of fused-ring (bicyclic) bond motifs is 1. The van der Waals surface area contributed by atoms with Crippen LogP contribution in [0, 0.1) is 6.92 Å². The zero-order valence-electron chi connectivity index (χ0n) is 12.7. The molecule has 4 rings (SSSR count). The highest BCUT2D eigenvalue weighted by Crippen LogP contribution is 2.33. The van der Waals surface area contributed by atoms with E-state index < -0.39 is 0 Å². The second-order valence-corrected chi connectivity index (χ2v) is 6.71. The molecule has 3 aromatic heterocycles. The fraction of sp³-hybridized carbons (Fsp3) is 0.0556. The van der Waals surface area contributed by atoms with Crippen molar-refractivity contribution in [2.24, 2.45) is 0 Å². The van der Waals surface area contributed by atoms with Gasteiger partial charge in [0.2, 0.25) is 0 Å². The number of hydrogen-bond acceptors (Lipinski definition) is 4. The number of nitrogens with zero attached hydrogens (tertiary/aromatic N) is 2. The Morgan fingerprint density at radius 3 is 2.67 bits per heavy atom. The van der Waals surface area contributed by atoms with E-state index in [1.807, 2.05) is 42.6 Å². The zero-order chi connectivity index (χ0) is 16.7. The monoisotopic (exact) mass is 353 g/mol. The fourth-order valence-electron chi connectivity index (χ4n) is 2.62. The number of nitrogens with one attached hydrogen (secondary N) is 1. The molecule has 0 saturated carbocycles. The van der Waals surface area contributed by atoms with E-state index in [1.165, 1.54) is 11.3 Å². The number of aryl methyl sites for hydroxylation is 1. The maximum absolute atomic E-state index is 12.6. The molecule has 0 atom stereocenters. The normalized spacial score (nSPS) is 11.1. The molecule has 24 heavy (non-hydrogen) atoms. The summed E-state index contributed by atoms with van der Waals surface area (Å²) in [6.07, 6.45) is 3.35. The number of aromatic amines is 1. The van der Waals surface area contributed by atoms with Crippen LogP contribution in [0.15, 0.2) is 52.9 Å². The summed E-state index contributed by atoms with van der Waals surface area (Å²) in [5, 5.41) is 3.29. The van der Waals surface area contributed by atoms with Crippen molar-refractivity contribution in [2.75, 3.05) is 0 Å². The third-order valence-electron chi connectivity index (χ3n) is 3.87. The second kappa shape index (κ2) is 5.85. The summed E-state index contributed by atoms with van der Waals surface area (Å²) in [6, 6.07) is 9.40. The molecule has 4 nitrogen and oxygen atoms in total. The molecule has 0 radical (unpaired) electrons. The van der Waals surface area contributed by atoms with Gasteiger partial charge >= 0.3 is 0 Å². The van der Waals surface area contributed by atoms with Crippen LogP contribution in [0.4, 0.5) is 0 Å². The maximum Gasteiger partial charge on any atom is 0.260 e. The Morgan fingerprint density at radius 1 is 1.12 bits per heavy atom. The summed E-state index contributed by atoms with van der Waals surface area (Å²) >= 11 is 7.56. The van der Waals surface area contributed by atoms with Crippen molar-refractivity contribution in [2.45, 2.75) is 6.92 Å². The molecular formula is C18H12ClN3OS. The van der Waals surface area contributed by atoms with E-state index in [2.05, 4.69) is 15.0 Å². The number of rotatable bonds is 2. The minimum Gasteiger partial charge on any atom is -0.306 e. The fourth-order valence-corrected chi connectivity index (χ4v) is 3.69. The topological polar surface area (TPSA) is 58.6 Å². The van der Waals surface area contributed by atoms with Crippen molar-refractivity contribution in [1.82, 2.24) is 15.0 Å². The van der Waals surface area contributed by atoms with E-state index in [1.54, 1.807) is 12.4 Å². The number of thiophene rings is 1. The Bertz CT molecular complexity index is 1100. The van der Waals surface area contributed by atoms with Crippen molar-refractivity contribution < 1.29 is 0 Å². The Morgan fingerprint density at radius 2 is 1.92 bits per heavy atom. The lowest BCUT2D eigenvalue weighted by molar-refractivity contribution is 1.18. The standard InChI is InChI=1S/C18H12ClN3OS/c1-10-8-12(2-3-14(10)19)13-9-24-18-15(13)17(23)21-16(22-18)11-4-6-20-7-5-11/h2-9H,1H3,(H,21,22,23). The average molecular weight is 354 g/mol. The summed E-state index contributed by atoms with van der Waals surface area (Å²) in [7, 11) is 0. The van der Waals surface area contributed by atoms with Crippen LogP contribution in [-0.2, 0) is 0 Å². The van der Waals surface area contributed by atoms with Crippen molar-refractivity contribution >= 4 is 33.2 Å². The second-order valence-electron chi connectivity index (χ2n) is 5.44. The highest BCUT2D eigenvalue weighted by Gasteiger charge is 2.14. The molecular weight excluding hydrogens is 342 g/mol. The SMILES string of the molecule is Cc1cc(-c2csc3nc(-c4ccncc4)[nH]c(=O)c23)ccc1Cl. The van der Waals surface area contributed by atoms with Crippen LogP contribution in [0.1, 0.15) is 5.56 Å². The van der Waals surface area contributed by atoms with Gasteiger partial charge in [0.25, 0.3) is 5.56 Å². The van der Waals surface area contributed by atoms with E-state index in [0.717, 1.165) is 22.3 Å². The average Bonchev–Trinajstić information content (AvgIpc) is 3.03. The van der Waals surface area contributed by atoms with Crippen molar-refractivity contribution in [3.63, 3.8) is 0 Å². The van der Waals surface area contributed by atoms with E-state index in [9.17, 15) is 4.79 Å². The molecule has 0 spiro atoms. The maximum atomic E-state index is 12.6. The Labute approximate surface area is 146 Å². The van der Waals surface area contributed by atoms with Crippen LogP contribution in [-0.4, -0.2) is 15.0 Å². The largest absolute Gasteiger partial charge is 0.306 e. The molecule has 0 bridgehead atoms. The van der Waals surface area contributed by atoms with Crippen LogP contribution in [0.2, 0.25) is 5.02 Å². The number of pyridine rings is 1. The highest BCUT2D eigenvalue weighted by molar-refractivity contribution is 7.17. The van der Waals surface area contributed by atoms with Crippen LogP contribution >= 0.6 is 22.9 Å². The van der Waals surface area contributed by atoms with Crippen molar-refractivity contribution in [1.29, 1.82) is 0 Å². The molecule has 0 fully saturated rings. The van der Waals surface area contributed by atoms with Gasteiger partial charge < -0.3 is 4.98 Å². The molecule has 4 aromatic rings. The molecule has 0 aliphatic rings. The predicted octanol–water partition coefficient (Wildman–Crippen LogP) is 4.68. The van der Waals surface area contributed by atoms with Gasteiger partial charge in [-0.05, 0) is 42.3 Å². The molecule has 0 amide bonds. The third-order valence-corrected chi connectivity index (χ3v) is 5.16. The van der Waals surface area contributed by atoms with Gasteiger partial charge in [0.1, 0.15) is 10.7 Å². The van der Waals surface area contributed by atoms with E-state index >= 15 is 0 Å². The highest BCUT2D eigenvalue weighted by atomic mass is 35.5. The van der Waals surface area contributed by atoms with Gasteiger partial charge in [0, 0.05) is 33.9 Å². The smallest absolute Gasteiger partial charge is 0.260 e. The lowest BCUT2D eigenvalue weighted by Gasteiger charge is -2.04. The first kappa shape index (κ1) is 15.1. The molecule has 0 unspecified atom stereocenters. The lowest BCUT2D eigenvalue weighted by Crippen LogP contribution is -2.09. The van der Waals surface area contributed by atoms with Gasteiger partial charge in [-0.15, -0.1) is 11.3 Å². The lowest BCUT2D eigenvalue weighted by atomic mass is 10.0. The van der Waals surface area contributed by atoms with Gasteiger partial charge in [-0.25, -0.2) is 4.98 Å². The zero-order valence-corrected chi connectivity index (χ0v) is 14.3. The molecule has 3 heterocycles. The summed E-state index contributed by atoms with van der Waals surface area (Å²) in [4.78, 5) is 24.8.